The quantitative estimate of drug-likeness (QED) is 0.172. The van der Waals surface area contributed by atoms with Gasteiger partial charge in [0.05, 0.1) is 11.0 Å². The second-order valence-electron chi connectivity index (χ2n) is 13.2. The zero-order valence-corrected chi connectivity index (χ0v) is 27.0. The van der Waals surface area contributed by atoms with Crippen LogP contribution in [0.15, 0.2) is 194 Å². The van der Waals surface area contributed by atoms with Crippen molar-refractivity contribution < 1.29 is 0 Å². The lowest BCUT2D eigenvalue weighted by Crippen LogP contribution is -2.15. The first kappa shape index (κ1) is 27.9. The molecule has 1 heteroatoms. The van der Waals surface area contributed by atoms with Gasteiger partial charge >= 0.3 is 0 Å². The molecule has 0 spiro atoms. The van der Waals surface area contributed by atoms with Gasteiger partial charge in [0.15, 0.2) is 0 Å². The van der Waals surface area contributed by atoms with Crippen LogP contribution in [-0.2, 0) is 0 Å². The van der Waals surface area contributed by atoms with Gasteiger partial charge in [-0.15, -0.1) is 0 Å². The number of rotatable bonds is 4. The summed E-state index contributed by atoms with van der Waals surface area (Å²) in [4.78, 5) is 0. The zero-order chi connectivity index (χ0) is 32.3. The SMILES string of the molecule is C1=CC2=CC=CC(c3c4ccccc4c(-c4ccc(-c5ccc6c(c5)c5ccccc5n6-c5ccccc5)cc4)c4ccccc34)C2C=C1. The van der Waals surface area contributed by atoms with Gasteiger partial charge in [0, 0.05) is 28.3 Å². The number of hydrogen-bond acceptors (Lipinski definition) is 0. The molecular weight excluding hydrogens is 591 g/mol. The number of allylic oxidation sites excluding steroid dienone is 8. The molecule has 0 saturated carbocycles. The number of nitrogens with zero attached hydrogens (tertiary/aromatic N) is 1. The fraction of sp³-hybridized carbons (Fsp3) is 0.0417. The van der Waals surface area contributed by atoms with Crippen LogP contribution in [-0.4, -0.2) is 4.57 Å². The van der Waals surface area contributed by atoms with Crippen molar-refractivity contribution in [3.05, 3.63) is 199 Å². The molecule has 2 atom stereocenters. The highest BCUT2D eigenvalue weighted by Crippen LogP contribution is 2.47. The van der Waals surface area contributed by atoms with E-state index in [0.717, 1.165) is 0 Å². The van der Waals surface area contributed by atoms with E-state index < -0.39 is 0 Å². The second-order valence-corrected chi connectivity index (χ2v) is 13.2. The van der Waals surface area contributed by atoms with Gasteiger partial charge in [0.25, 0.3) is 0 Å². The second kappa shape index (κ2) is 11.2. The molecule has 2 aliphatic carbocycles. The summed E-state index contributed by atoms with van der Waals surface area (Å²) in [6.45, 7) is 0. The molecule has 0 radical (unpaired) electrons. The lowest BCUT2D eigenvalue weighted by Gasteiger charge is -2.30. The minimum atomic E-state index is 0.273. The fourth-order valence-electron chi connectivity index (χ4n) is 8.42. The summed E-state index contributed by atoms with van der Waals surface area (Å²) in [7, 11) is 0. The van der Waals surface area contributed by atoms with Crippen molar-refractivity contribution >= 4 is 43.4 Å². The third-order valence-corrected chi connectivity index (χ3v) is 10.6. The van der Waals surface area contributed by atoms with E-state index in [0.29, 0.717) is 5.92 Å². The molecular formula is C48H33N. The molecule has 10 rings (SSSR count). The average Bonchev–Trinajstić information content (AvgIpc) is 3.51. The van der Waals surface area contributed by atoms with Crippen molar-refractivity contribution in [2.45, 2.75) is 5.92 Å². The molecule has 0 fully saturated rings. The number of para-hydroxylation sites is 2. The summed E-state index contributed by atoms with van der Waals surface area (Å²) in [6.07, 6.45) is 15.9. The molecule has 0 aliphatic heterocycles. The number of benzene rings is 7. The van der Waals surface area contributed by atoms with E-state index >= 15 is 0 Å². The number of fused-ring (bicyclic) bond motifs is 6. The molecule has 1 heterocycles. The highest BCUT2D eigenvalue weighted by molar-refractivity contribution is 6.16. The van der Waals surface area contributed by atoms with Gasteiger partial charge in [-0.3, -0.25) is 0 Å². The third kappa shape index (κ3) is 4.40. The first-order valence-electron chi connectivity index (χ1n) is 17.2. The van der Waals surface area contributed by atoms with Crippen molar-refractivity contribution in [1.82, 2.24) is 4.57 Å². The molecule has 0 saturated heterocycles. The van der Waals surface area contributed by atoms with Gasteiger partial charge in [-0.2, -0.15) is 0 Å². The van der Waals surface area contributed by atoms with Crippen molar-refractivity contribution in [2.75, 3.05) is 0 Å². The maximum atomic E-state index is 2.40. The highest BCUT2D eigenvalue weighted by Gasteiger charge is 2.28. The van der Waals surface area contributed by atoms with Crippen LogP contribution in [0.25, 0.3) is 71.3 Å². The maximum absolute atomic E-state index is 2.40. The minimum Gasteiger partial charge on any atom is -0.309 e. The van der Waals surface area contributed by atoms with Crippen LogP contribution in [0, 0.1) is 5.92 Å². The molecule has 2 aliphatic rings. The topological polar surface area (TPSA) is 4.93 Å². The third-order valence-electron chi connectivity index (χ3n) is 10.6. The summed E-state index contributed by atoms with van der Waals surface area (Å²) in [5.41, 5.74) is 11.4. The maximum Gasteiger partial charge on any atom is 0.0541 e. The van der Waals surface area contributed by atoms with Gasteiger partial charge in [-0.25, -0.2) is 0 Å². The summed E-state index contributed by atoms with van der Waals surface area (Å²) in [5, 5.41) is 7.82. The zero-order valence-electron chi connectivity index (χ0n) is 27.0. The predicted molar refractivity (Wildman–Crippen MR) is 208 cm³/mol. The standard InChI is InChI=1S/C48H33N/c1-2-15-36(16-3-1)49-45-24-11-10-18-38(45)44-31-35(29-30-46(44)49)32-25-27-34(28-26-32)47-40-19-6-8-21-42(40)48(43-22-9-7-20-41(43)47)39-23-12-14-33-13-4-5-17-37(33)39/h1-31,37,39H. The Balaban J connectivity index is 1.11. The molecule has 7 aromatic carbocycles. The van der Waals surface area contributed by atoms with Gasteiger partial charge < -0.3 is 4.57 Å². The normalized spacial score (nSPS) is 16.9. The monoisotopic (exact) mass is 623 g/mol. The molecule has 49 heavy (non-hydrogen) atoms. The summed E-state index contributed by atoms with van der Waals surface area (Å²) < 4.78 is 2.37. The molecule has 1 nitrogen and oxygen atoms in total. The van der Waals surface area contributed by atoms with Crippen molar-refractivity contribution in [2.24, 2.45) is 5.92 Å². The van der Waals surface area contributed by atoms with Crippen molar-refractivity contribution in [3.8, 4) is 27.9 Å². The van der Waals surface area contributed by atoms with Crippen molar-refractivity contribution in [3.63, 3.8) is 0 Å². The molecule has 0 N–H and O–H groups in total. The first-order chi connectivity index (χ1) is 24.3. The molecule has 230 valence electrons. The number of aromatic nitrogens is 1. The Hall–Kier alpha value is -6.18. The van der Waals surface area contributed by atoms with Crippen LogP contribution in [0.5, 0.6) is 0 Å². The first-order valence-corrected chi connectivity index (χ1v) is 17.2. The lowest BCUT2D eigenvalue weighted by molar-refractivity contribution is 0.678. The van der Waals surface area contributed by atoms with E-state index in [2.05, 4.69) is 193 Å². The van der Waals surface area contributed by atoms with E-state index in [-0.39, 0.29) is 5.92 Å². The highest BCUT2D eigenvalue weighted by atomic mass is 15.0. The molecule has 8 aromatic rings. The number of hydrogen-bond donors (Lipinski definition) is 0. The van der Waals surface area contributed by atoms with Crippen molar-refractivity contribution in [1.29, 1.82) is 0 Å². The summed E-state index contributed by atoms with van der Waals surface area (Å²) >= 11 is 0. The van der Waals surface area contributed by atoms with E-state index in [4.69, 9.17) is 0 Å². The van der Waals surface area contributed by atoms with E-state index in [9.17, 15) is 0 Å². The Bertz CT molecular complexity index is 2640. The Labute approximate surface area is 286 Å². The Morgan fingerprint density at radius 2 is 1.00 bits per heavy atom. The molecule has 1 aromatic heterocycles. The van der Waals surface area contributed by atoms with Gasteiger partial charge in [0.1, 0.15) is 0 Å². The van der Waals surface area contributed by atoms with Crippen LogP contribution < -0.4 is 0 Å². The summed E-state index contributed by atoms with van der Waals surface area (Å²) in [5.74, 6) is 0.612. The molecule has 0 bridgehead atoms. The lowest BCUT2D eigenvalue weighted by atomic mass is 9.73. The van der Waals surface area contributed by atoms with Crippen LogP contribution in [0.4, 0.5) is 0 Å². The molecule has 0 amide bonds. The van der Waals surface area contributed by atoms with Crippen LogP contribution in [0.1, 0.15) is 11.5 Å². The Morgan fingerprint density at radius 3 is 1.76 bits per heavy atom. The smallest absolute Gasteiger partial charge is 0.0541 e. The Kier molecular flexibility index (Phi) is 6.38. The van der Waals surface area contributed by atoms with E-state index in [1.807, 2.05) is 0 Å². The Morgan fingerprint density at radius 1 is 0.408 bits per heavy atom. The predicted octanol–water partition coefficient (Wildman–Crippen LogP) is 12.7. The van der Waals surface area contributed by atoms with Crippen LogP contribution in [0.2, 0.25) is 0 Å². The van der Waals surface area contributed by atoms with Gasteiger partial charge in [-0.05, 0) is 85.3 Å². The van der Waals surface area contributed by atoms with E-state index in [1.165, 1.54) is 82.4 Å². The van der Waals surface area contributed by atoms with Crippen LogP contribution in [0.3, 0.4) is 0 Å². The minimum absolute atomic E-state index is 0.273. The van der Waals surface area contributed by atoms with E-state index in [1.54, 1.807) is 0 Å². The fourth-order valence-corrected chi connectivity index (χ4v) is 8.42. The molecule has 2 unspecified atom stereocenters. The van der Waals surface area contributed by atoms with Gasteiger partial charge in [0.2, 0.25) is 0 Å². The van der Waals surface area contributed by atoms with Crippen LogP contribution >= 0.6 is 0 Å². The average molecular weight is 624 g/mol. The largest absolute Gasteiger partial charge is 0.309 e. The van der Waals surface area contributed by atoms with Gasteiger partial charge in [-0.1, -0.05) is 158 Å². The summed E-state index contributed by atoms with van der Waals surface area (Å²) in [6, 6.07) is 53.6.